The number of para-hydroxylation sites is 1. The minimum atomic E-state index is -0.0153. The normalized spacial score (nSPS) is 11.3. The molecule has 5 nitrogen and oxygen atoms in total. The van der Waals surface area contributed by atoms with Crippen molar-refractivity contribution in [2.24, 2.45) is 0 Å². The Morgan fingerprint density at radius 3 is 2.70 bits per heavy atom. The van der Waals surface area contributed by atoms with Gasteiger partial charge in [-0.25, -0.2) is 0 Å². The van der Waals surface area contributed by atoms with Crippen molar-refractivity contribution in [2.75, 3.05) is 20.3 Å². The molecule has 1 amide bonds. The van der Waals surface area contributed by atoms with Crippen molar-refractivity contribution in [2.45, 2.75) is 12.8 Å². The van der Waals surface area contributed by atoms with E-state index in [4.69, 9.17) is 9.05 Å². The van der Waals surface area contributed by atoms with E-state index < -0.39 is 0 Å². The molecular weight excluding hydrogens is 359 g/mol. The number of hydrogen-bond acceptors (Lipinski definition) is 4. The topological polar surface area (TPSA) is 60.5 Å². The molecule has 3 aromatic rings. The number of nitrogens with zero attached hydrogens (tertiary/aromatic N) is 1. The first-order chi connectivity index (χ1) is 13.3. The molecule has 3 rings (SSSR count). The van der Waals surface area contributed by atoms with Gasteiger partial charge >= 0.3 is 0 Å². The molecule has 0 aliphatic carbocycles. The van der Waals surface area contributed by atoms with Crippen LogP contribution in [0.25, 0.3) is 22.0 Å². The Morgan fingerprint density at radius 1 is 1.11 bits per heavy atom. The third-order valence-corrected chi connectivity index (χ3v) is 4.64. The van der Waals surface area contributed by atoms with Gasteiger partial charge < -0.3 is 14.4 Å². The van der Waals surface area contributed by atoms with E-state index >= 15 is 0 Å². The number of rotatable bonds is 9. The molecule has 6 heteroatoms. The van der Waals surface area contributed by atoms with Gasteiger partial charge in [-0.1, -0.05) is 48.5 Å². The van der Waals surface area contributed by atoms with Crippen LogP contribution in [0.5, 0.6) is 0 Å². The highest BCUT2D eigenvalue weighted by Crippen LogP contribution is 2.31. The predicted octanol–water partition coefficient (Wildman–Crippen LogP) is 4.12. The van der Waals surface area contributed by atoms with E-state index in [9.17, 15) is 4.79 Å². The second-order valence-electron chi connectivity index (χ2n) is 6.06. The molecule has 0 fully saturated rings. The molecule has 0 saturated carbocycles. The summed E-state index contributed by atoms with van der Waals surface area (Å²) in [5.74, 6) is -0.0153. The van der Waals surface area contributed by atoms with E-state index in [1.807, 2.05) is 42.6 Å². The Bertz CT molecular complexity index is 887. The molecule has 1 aromatic heterocycles. The second-order valence-corrected chi connectivity index (χ2v) is 6.92. The van der Waals surface area contributed by atoms with Gasteiger partial charge in [-0.05, 0) is 29.2 Å². The average Bonchev–Trinajstić information content (AvgIpc) is 2.71. The number of pyridine rings is 1. The minimum Gasteiger partial charge on any atom is -0.356 e. The molecular formula is C21H23N2O3P. The largest absolute Gasteiger partial charge is 0.356 e. The maximum absolute atomic E-state index is 12.4. The van der Waals surface area contributed by atoms with Crippen molar-refractivity contribution < 1.29 is 13.8 Å². The molecule has 0 spiro atoms. The summed E-state index contributed by atoms with van der Waals surface area (Å²) < 4.78 is 10.1. The number of fused-ring (bicyclic) bond motifs is 1. The Labute approximate surface area is 161 Å². The average molecular weight is 382 g/mol. The van der Waals surface area contributed by atoms with Gasteiger partial charge in [0.05, 0.1) is 18.5 Å². The monoisotopic (exact) mass is 382 g/mol. The van der Waals surface area contributed by atoms with E-state index in [-0.39, 0.29) is 14.9 Å². The van der Waals surface area contributed by atoms with Gasteiger partial charge in [0.2, 0.25) is 5.91 Å². The lowest BCUT2D eigenvalue weighted by Crippen LogP contribution is -2.27. The van der Waals surface area contributed by atoms with Crippen LogP contribution in [0.15, 0.2) is 60.8 Å². The third kappa shape index (κ3) is 5.33. The molecule has 0 aliphatic heterocycles. The van der Waals surface area contributed by atoms with E-state index in [0.717, 1.165) is 34.0 Å². The molecule has 2 aromatic carbocycles. The number of benzene rings is 2. The van der Waals surface area contributed by atoms with E-state index in [0.29, 0.717) is 19.6 Å². The van der Waals surface area contributed by atoms with Crippen molar-refractivity contribution >= 4 is 25.8 Å². The van der Waals surface area contributed by atoms with Gasteiger partial charge in [-0.2, -0.15) is 0 Å². The Morgan fingerprint density at radius 2 is 1.89 bits per heavy atom. The number of aromatic nitrogens is 1. The van der Waals surface area contributed by atoms with Crippen LogP contribution < -0.4 is 5.32 Å². The highest BCUT2D eigenvalue weighted by Gasteiger charge is 2.13. The fourth-order valence-electron chi connectivity index (χ4n) is 2.97. The first-order valence-electron chi connectivity index (χ1n) is 8.88. The van der Waals surface area contributed by atoms with Crippen molar-refractivity contribution in [3.8, 4) is 11.1 Å². The van der Waals surface area contributed by atoms with Crippen molar-refractivity contribution in [1.29, 1.82) is 0 Å². The van der Waals surface area contributed by atoms with Crippen LogP contribution in [0.2, 0.25) is 0 Å². The summed E-state index contributed by atoms with van der Waals surface area (Å²) in [5, 5.41) is 4.01. The number of nitrogens with one attached hydrogen (secondary N) is 1. The molecule has 27 heavy (non-hydrogen) atoms. The maximum Gasteiger partial charge on any atom is 0.224 e. The van der Waals surface area contributed by atoms with Gasteiger partial charge in [-0.3, -0.25) is 9.78 Å². The van der Waals surface area contributed by atoms with Gasteiger partial charge in [0.1, 0.15) is 0 Å². The first-order valence-corrected chi connectivity index (χ1v) is 9.69. The Kier molecular flexibility index (Phi) is 7.28. The lowest BCUT2D eigenvalue weighted by Gasteiger charge is -2.13. The molecule has 140 valence electrons. The molecule has 0 bridgehead atoms. The van der Waals surface area contributed by atoms with E-state index in [1.54, 1.807) is 7.11 Å². The standard InChI is InChI=1S/C21H23N2O3P/c1-25-27-26-13-7-12-22-20(24)14-17-15-23-19-11-6-5-10-18(19)21(17)16-8-3-2-4-9-16/h2-6,8-11,15,27H,7,12-14H2,1H3,(H,22,24). The fraction of sp³-hybridized carbons (Fsp3) is 0.238. The van der Waals surface area contributed by atoms with Crippen LogP contribution in [0.3, 0.4) is 0 Å². The van der Waals surface area contributed by atoms with Gasteiger partial charge in [0.25, 0.3) is 0 Å². The van der Waals surface area contributed by atoms with Gasteiger partial charge in [0.15, 0.2) is 9.03 Å². The summed E-state index contributed by atoms with van der Waals surface area (Å²) in [7, 11) is 1.65. The maximum atomic E-state index is 12.4. The zero-order chi connectivity index (χ0) is 18.9. The number of carbonyl (C=O) groups is 1. The molecule has 0 saturated heterocycles. The summed E-state index contributed by atoms with van der Waals surface area (Å²) in [6, 6.07) is 18.2. The van der Waals surface area contributed by atoms with E-state index in [2.05, 4.69) is 28.5 Å². The highest BCUT2D eigenvalue weighted by atomic mass is 31.1. The SMILES string of the molecule is COPOCCCNC(=O)Cc1cnc2ccccc2c1-c1ccccc1. The minimum absolute atomic E-state index is 0.0153. The summed E-state index contributed by atoms with van der Waals surface area (Å²) in [6.07, 6.45) is 2.86. The first kappa shape index (κ1) is 19.4. The molecule has 0 aliphatic rings. The molecule has 1 heterocycles. The Balaban J connectivity index is 1.75. The van der Waals surface area contributed by atoms with Crippen LogP contribution in [-0.2, 0) is 20.3 Å². The van der Waals surface area contributed by atoms with Crippen molar-refractivity contribution in [3.63, 3.8) is 0 Å². The third-order valence-electron chi connectivity index (χ3n) is 4.16. The predicted molar refractivity (Wildman–Crippen MR) is 110 cm³/mol. The van der Waals surface area contributed by atoms with Crippen LogP contribution in [0, 0.1) is 0 Å². The summed E-state index contributed by atoms with van der Waals surface area (Å²) in [4.78, 5) is 17.0. The van der Waals surface area contributed by atoms with Crippen LogP contribution in [-0.4, -0.2) is 31.2 Å². The zero-order valence-corrected chi connectivity index (χ0v) is 16.3. The lowest BCUT2D eigenvalue weighted by molar-refractivity contribution is -0.120. The van der Waals surface area contributed by atoms with Crippen molar-refractivity contribution in [1.82, 2.24) is 10.3 Å². The molecule has 1 unspecified atom stereocenters. The Hall–Kier alpha value is -2.33. The number of hydrogen-bond donors (Lipinski definition) is 1. The quantitative estimate of drug-likeness (QED) is 0.447. The highest BCUT2D eigenvalue weighted by molar-refractivity contribution is 7.26. The molecule has 1 atom stereocenters. The number of carbonyl (C=O) groups excluding carboxylic acids is 1. The van der Waals surface area contributed by atoms with Crippen LogP contribution >= 0.6 is 9.03 Å². The van der Waals surface area contributed by atoms with Gasteiger partial charge in [0, 0.05) is 25.2 Å². The fourth-order valence-corrected chi connectivity index (χ4v) is 3.32. The van der Waals surface area contributed by atoms with Crippen molar-refractivity contribution in [3.05, 3.63) is 66.4 Å². The van der Waals surface area contributed by atoms with Gasteiger partial charge in [-0.15, -0.1) is 0 Å². The van der Waals surface area contributed by atoms with Crippen LogP contribution in [0.4, 0.5) is 0 Å². The van der Waals surface area contributed by atoms with Crippen LogP contribution in [0.1, 0.15) is 12.0 Å². The summed E-state index contributed by atoms with van der Waals surface area (Å²) in [5.41, 5.74) is 4.01. The zero-order valence-electron chi connectivity index (χ0n) is 15.3. The molecule has 1 N–H and O–H groups in total. The molecule has 0 radical (unpaired) electrons. The van der Waals surface area contributed by atoms with E-state index in [1.165, 1.54) is 0 Å². The number of amides is 1. The summed E-state index contributed by atoms with van der Waals surface area (Å²) >= 11 is 0. The smallest absolute Gasteiger partial charge is 0.224 e. The second kappa shape index (κ2) is 10.1. The lowest BCUT2D eigenvalue weighted by atomic mass is 9.95. The summed E-state index contributed by atoms with van der Waals surface area (Å²) in [6.45, 7) is 1.15.